The maximum Gasteiger partial charge on any atom is 0.221 e. The van der Waals surface area contributed by atoms with Gasteiger partial charge in [-0.25, -0.2) is 0 Å². The van der Waals surface area contributed by atoms with Crippen molar-refractivity contribution in [1.82, 2.24) is 5.32 Å². The fourth-order valence-electron chi connectivity index (χ4n) is 1.10. The molecule has 0 saturated carbocycles. The minimum Gasteiger partial charge on any atom is -0.384 e. The average molecular weight is 205 g/mol. The molecule has 1 aromatic carbocycles. The Labute approximate surface area is 89.2 Å². The van der Waals surface area contributed by atoms with Crippen LogP contribution < -0.4 is 11.1 Å². The number of nitrogens with two attached hydrogens (primary N) is 1. The first-order chi connectivity index (χ1) is 7.24. The summed E-state index contributed by atoms with van der Waals surface area (Å²) in [4.78, 5) is 15.0. The zero-order valence-corrected chi connectivity index (χ0v) is 8.73. The van der Waals surface area contributed by atoms with Crippen molar-refractivity contribution in [3.63, 3.8) is 0 Å². The number of carbonyl (C=O) groups excluding carboxylic acids is 1. The van der Waals surface area contributed by atoms with E-state index in [-0.39, 0.29) is 5.91 Å². The lowest BCUT2D eigenvalue weighted by molar-refractivity contribution is -0.120. The van der Waals surface area contributed by atoms with E-state index in [4.69, 9.17) is 5.73 Å². The van der Waals surface area contributed by atoms with E-state index in [0.717, 1.165) is 5.56 Å². The molecule has 0 radical (unpaired) electrons. The molecule has 0 aromatic heterocycles. The first kappa shape index (κ1) is 11.2. The summed E-state index contributed by atoms with van der Waals surface area (Å²) in [6, 6.07) is 9.49. The van der Waals surface area contributed by atoms with Gasteiger partial charge in [0.25, 0.3) is 0 Å². The van der Waals surface area contributed by atoms with Crippen molar-refractivity contribution < 1.29 is 4.79 Å². The Bertz CT molecular complexity index is 346. The van der Waals surface area contributed by atoms with Gasteiger partial charge >= 0.3 is 0 Å². The summed E-state index contributed by atoms with van der Waals surface area (Å²) in [6.45, 7) is 0.417. The minimum atomic E-state index is -0.0281. The number of hydrogen-bond donors (Lipinski definition) is 2. The van der Waals surface area contributed by atoms with Gasteiger partial charge in [-0.3, -0.25) is 9.79 Å². The van der Waals surface area contributed by atoms with Crippen LogP contribution in [0.5, 0.6) is 0 Å². The molecule has 0 heterocycles. The predicted molar refractivity (Wildman–Crippen MR) is 60.7 cm³/mol. The van der Waals surface area contributed by atoms with Crippen LogP contribution >= 0.6 is 0 Å². The minimum absolute atomic E-state index is 0.0281. The zero-order chi connectivity index (χ0) is 11.1. The van der Waals surface area contributed by atoms with E-state index in [1.807, 2.05) is 30.3 Å². The molecule has 1 amide bonds. The van der Waals surface area contributed by atoms with Crippen LogP contribution in [0.4, 0.5) is 0 Å². The number of aliphatic imine (C=N–C) groups is 1. The van der Waals surface area contributed by atoms with Gasteiger partial charge in [-0.2, -0.15) is 0 Å². The summed E-state index contributed by atoms with van der Waals surface area (Å²) < 4.78 is 0. The Morgan fingerprint density at radius 1 is 1.40 bits per heavy atom. The third-order valence-corrected chi connectivity index (χ3v) is 1.97. The molecule has 0 aliphatic heterocycles. The van der Waals surface area contributed by atoms with Crippen LogP contribution in [0.1, 0.15) is 12.0 Å². The molecule has 0 atom stereocenters. The number of amides is 1. The second-order valence-corrected chi connectivity index (χ2v) is 3.06. The Kier molecular flexibility index (Phi) is 4.34. The highest BCUT2D eigenvalue weighted by molar-refractivity contribution is 5.97. The first-order valence-electron chi connectivity index (χ1n) is 4.80. The Morgan fingerprint density at radius 3 is 2.67 bits per heavy atom. The quantitative estimate of drug-likeness (QED) is 0.556. The molecule has 0 bridgehead atoms. The number of nitrogens with one attached hydrogen (secondary N) is 1. The summed E-state index contributed by atoms with van der Waals surface area (Å²) in [7, 11) is 1.60. The highest BCUT2D eigenvalue weighted by atomic mass is 16.1. The van der Waals surface area contributed by atoms with Crippen molar-refractivity contribution in [3.05, 3.63) is 35.9 Å². The van der Waals surface area contributed by atoms with E-state index in [2.05, 4.69) is 10.3 Å². The predicted octanol–water partition coefficient (Wildman–Crippen LogP) is 0.528. The lowest BCUT2D eigenvalue weighted by atomic mass is 10.2. The topological polar surface area (TPSA) is 67.5 Å². The highest BCUT2D eigenvalue weighted by Gasteiger charge is 1.98. The summed E-state index contributed by atoms with van der Waals surface area (Å²) >= 11 is 0. The molecule has 1 aromatic rings. The maximum atomic E-state index is 10.9. The van der Waals surface area contributed by atoms with Gasteiger partial charge in [-0.05, 0) is 0 Å². The van der Waals surface area contributed by atoms with Crippen molar-refractivity contribution in [3.8, 4) is 0 Å². The van der Waals surface area contributed by atoms with Gasteiger partial charge in [0.2, 0.25) is 5.91 Å². The van der Waals surface area contributed by atoms with Crippen LogP contribution in [0.2, 0.25) is 0 Å². The van der Waals surface area contributed by atoms with E-state index in [9.17, 15) is 4.79 Å². The molecule has 0 spiro atoms. The van der Waals surface area contributed by atoms with Gasteiger partial charge in [-0.15, -0.1) is 0 Å². The number of nitrogens with zero attached hydrogens (tertiary/aromatic N) is 1. The SMILES string of the molecule is CNC(=O)CCN=C(N)c1ccccc1. The smallest absolute Gasteiger partial charge is 0.221 e. The van der Waals surface area contributed by atoms with E-state index >= 15 is 0 Å². The molecule has 80 valence electrons. The highest BCUT2D eigenvalue weighted by Crippen LogP contribution is 1.97. The first-order valence-corrected chi connectivity index (χ1v) is 4.80. The largest absolute Gasteiger partial charge is 0.384 e. The standard InChI is InChI=1S/C11H15N3O/c1-13-10(15)7-8-14-11(12)9-5-3-2-4-6-9/h2-6H,7-8H2,1H3,(H2,12,14)(H,13,15). The molecule has 3 N–H and O–H groups in total. The summed E-state index contributed by atoms with van der Waals surface area (Å²) in [5.41, 5.74) is 6.62. The molecular weight excluding hydrogens is 190 g/mol. The third-order valence-electron chi connectivity index (χ3n) is 1.97. The van der Waals surface area contributed by atoms with E-state index < -0.39 is 0 Å². The van der Waals surface area contributed by atoms with Gasteiger partial charge in [0.05, 0.1) is 6.54 Å². The molecule has 0 fully saturated rings. The molecule has 4 nitrogen and oxygen atoms in total. The van der Waals surface area contributed by atoms with Crippen molar-refractivity contribution in [1.29, 1.82) is 0 Å². The van der Waals surface area contributed by atoms with Gasteiger partial charge in [-0.1, -0.05) is 30.3 Å². The van der Waals surface area contributed by atoms with Gasteiger partial charge in [0.1, 0.15) is 5.84 Å². The second-order valence-electron chi connectivity index (χ2n) is 3.06. The average Bonchev–Trinajstić information content (AvgIpc) is 2.29. The molecule has 15 heavy (non-hydrogen) atoms. The monoisotopic (exact) mass is 205 g/mol. The maximum absolute atomic E-state index is 10.9. The van der Waals surface area contributed by atoms with Crippen molar-refractivity contribution >= 4 is 11.7 Å². The number of benzene rings is 1. The Hall–Kier alpha value is -1.84. The van der Waals surface area contributed by atoms with Crippen LogP contribution in [-0.2, 0) is 4.79 Å². The molecular formula is C11H15N3O. The summed E-state index contributed by atoms with van der Waals surface area (Å²) in [5, 5.41) is 2.53. The second kappa shape index (κ2) is 5.80. The van der Waals surface area contributed by atoms with Gasteiger partial charge in [0.15, 0.2) is 0 Å². The van der Waals surface area contributed by atoms with Crippen molar-refractivity contribution in [2.75, 3.05) is 13.6 Å². The molecule has 1 rings (SSSR count). The Morgan fingerprint density at radius 2 is 2.07 bits per heavy atom. The fraction of sp³-hybridized carbons (Fsp3) is 0.273. The van der Waals surface area contributed by atoms with Crippen LogP contribution in [0.25, 0.3) is 0 Å². The van der Waals surface area contributed by atoms with Crippen LogP contribution in [0.3, 0.4) is 0 Å². The van der Waals surface area contributed by atoms with Crippen LogP contribution in [0.15, 0.2) is 35.3 Å². The summed E-state index contributed by atoms with van der Waals surface area (Å²) in [6.07, 6.45) is 0.365. The third kappa shape index (κ3) is 3.81. The zero-order valence-electron chi connectivity index (χ0n) is 8.73. The molecule has 4 heteroatoms. The van der Waals surface area contributed by atoms with Gasteiger partial charge < -0.3 is 11.1 Å². The lowest BCUT2D eigenvalue weighted by Crippen LogP contribution is -2.19. The molecule has 0 aliphatic rings. The van der Waals surface area contributed by atoms with Crippen LogP contribution in [0, 0.1) is 0 Å². The van der Waals surface area contributed by atoms with Gasteiger partial charge in [0, 0.05) is 19.0 Å². The normalized spacial score (nSPS) is 11.1. The Balaban J connectivity index is 2.50. The number of rotatable bonds is 4. The van der Waals surface area contributed by atoms with E-state index in [0.29, 0.717) is 18.8 Å². The molecule has 0 unspecified atom stereocenters. The summed E-state index contributed by atoms with van der Waals surface area (Å²) in [5.74, 6) is 0.444. The van der Waals surface area contributed by atoms with Crippen LogP contribution in [-0.4, -0.2) is 25.3 Å². The van der Waals surface area contributed by atoms with Crippen molar-refractivity contribution in [2.45, 2.75) is 6.42 Å². The van der Waals surface area contributed by atoms with E-state index in [1.165, 1.54) is 0 Å². The van der Waals surface area contributed by atoms with E-state index in [1.54, 1.807) is 7.05 Å². The number of carbonyl (C=O) groups is 1. The van der Waals surface area contributed by atoms with Crippen molar-refractivity contribution in [2.24, 2.45) is 10.7 Å². The number of amidine groups is 1. The number of hydrogen-bond acceptors (Lipinski definition) is 2. The molecule has 0 aliphatic carbocycles. The lowest BCUT2D eigenvalue weighted by Gasteiger charge is -2.00. The fourth-order valence-corrected chi connectivity index (χ4v) is 1.10. The molecule has 0 saturated heterocycles.